The molecule has 94 valence electrons. The Labute approximate surface area is 117 Å². The van der Waals surface area contributed by atoms with Crippen molar-refractivity contribution < 1.29 is 4.42 Å². The van der Waals surface area contributed by atoms with Gasteiger partial charge < -0.3 is 14.7 Å². The molecule has 0 atom stereocenters. The number of imidazole rings is 1. The zero-order valence-electron chi connectivity index (χ0n) is 9.18. The van der Waals surface area contributed by atoms with Crippen LogP contribution in [0.15, 0.2) is 35.3 Å². The van der Waals surface area contributed by atoms with Crippen LogP contribution in [0.2, 0.25) is 0 Å². The van der Waals surface area contributed by atoms with E-state index in [1.165, 1.54) is 4.88 Å². The molecule has 18 heavy (non-hydrogen) atoms. The van der Waals surface area contributed by atoms with Crippen LogP contribution in [0.1, 0.15) is 4.88 Å². The molecule has 3 rings (SSSR count). The van der Waals surface area contributed by atoms with Crippen molar-refractivity contribution >= 4 is 34.3 Å². The number of nitrogens with zero attached hydrogens (tertiary/aromatic N) is 4. The number of nitrogen functional groups attached to an aromatic ring is 1. The zero-order valence-corrected chi connectivity index (χ0v) is 11.7. The lowest BCUT2D eigenvalue weighted by atomic mass is 10.4. The molecule has 0 amide bonds. The molecule has 0 aliphatic rings. The van der Waals surface area contributed by atoms with Gasteiger partial charge in [-0.25, -0.2) is 4.98 Å². The van der Waals surface area contributed by atoms with E-state index in [9.17, 15) is 0 Å². The third kappa shape index (κ3) is 2.59. The van der Waals surface area contributed by atoms with E-state index in [0.29, 0.717) is 5.89 Å². The fraction of sp³-hybridized carbons (Fsp3) is 0.100. The fourth-order valence-corrected chi connectivity index (χ4v) is 2.41. The number of rotatable bonds is 3. The van der Waals surface area contributed by atoms with E-state index in [4.69, 9.17) is 10.2 Å². The molecule has 3 aromatic rings. The first-order valence-corrected chi connectivity index (χ1v) is 5.77. The average Bonchev–Trinajstić information content (AvgIpc) is 2.99. The van der Waals surface area contributed by atoms with Gasteiger partial charge >= 0.3 is 6.01 Å². The van der Waals surface area contributed by atoms with Crippen molar-refractivity contribution in [3.8, 4) is 10.8 Å². The summed E-state index contributed by atoms with van der Waals surface area (Å²) in [5.74, 6) is 0.462. The van der Waals surface area contributed by atoms with E-state index in [2.05, 4.69) is 15.2 Å². The summed E-state index contributed by atoms with van der Waals surface area (Å²) >= 11 is 1.60. The van der Waals surface area contributed by atoms with E-state index in [-0.39, 0.29) is 23.0 Å². The van der Waals surface area contributed by atoms with Gasteiger partial charge in [-0.1, -0.05) is 5.10 Å². The molecular weight excluding hydrogens is 318 g/mol. The number of hydrogen-bond acceptors (Lipinski definition) is 6. The van der Waals surface area contributed by atoms with Crippen molar-refractivity contribution in [2.24, 2.45) is 0 Å². The van der Waals surface area contributed by atoms with E-state index in [1.807, 2.05) is 22.9 Å². The molecule has 0 spiro atoms. The minimum absolute atomic E-state index is 0. The molecule has 0 radical (unpaired) electrons. The van der Waals surface area contributed by atoms with Crippen LogP contribution in [0.4, 0.5) is 6.01 Å². The summed E-state index contributed by atoms with van der Waals surface area (Å²) in [5.41, 5.74) is 5.38. The number of nitrogens with two attached hydrogens (primary N) is 1. The maximum atomic E-state index is 5.38. The van der Waals surface area contributed by atoms with E-state index in [1.54, 1.807) is 23.9 Å². The Balaban J connectivity index is 0.00000120. The summed E-state index contributed by atoms with van der Waals surface area (Å²) in [7, 11) is 0. The molecular formula is C10H10BrN5OS. The molecule has 0 saturated carbocycles. The highest BCUT2D eigenvalue weighted by Gasteiger charge is 2.09. The quantitative estimate of drug-likeness (QED) is 0.797. The summed E-state index contributed by atoms with van der Waals surface area (Å²) in [5, 5.41) is 7.48. The first kappa shape index (κ1) is 12.8. The molecule has 0 aliphatic heterocycles. The van der Waals surface area contributed by atoms with Gasteiger partial charge in [-0.3, -0.25) is 0 Å². The van der Waals surface area contributed by atoms with Crippen LogP contribution >= 0.6 is 28.3 Å². The van der Waals surface area contributed by atoms with Gasteiger partial charge in [-0.05, 0) is 12.1 Å². The molecule has 6 nitrogen and oxygen atoms in total. The van der Waals surface area contributed by atoms with Crippen LogP contribution in [-0.2, 0) is 6.54 Å². The monoisotopic (exact) mass is 327 g/mol. The third-order valence-electron chi connectivity index (χ3n) is 2.21. The molecule has 0 aromatic carbocycles. The van der Waals surface area contributed by atoms with Gasteiger partial charge in [-0.15, -0.1) is 33.4 Å². The Morgan fingerprint density at radius 1 is 1.33 bits per heavy atom. The standard InChI is InChI=1S/C10H9N5OS.BrH/c11-10-14-13-9(16-10)8-2-1-7(17-8)5-15-4-3-12-6-15;/h1-4,6H,5H2,(H2,11,14);1H. The summed E-state index contributed by atoms with van der Waals surface area (Å²) in [4.78, 5) is 6.11. The normalized spacial score (nSPS) is 10.2. The van der Waals surface area contributed by atoms with Crippen LogP contribution in [0.5, 0.6) is 0 Å². The van der Waals surface area contributed by atoms with E-state index >= 15 is 0 Å². The highest BCUT2D eigenvalue weighted by atomic mass is 79.9. The number of halogens is 1. The van der Waals surface area contributed by atoms with Crippen LogP contribution < -0.4 is 5.73 Å². The number of anilines is 1. The Bertz CT molecular complexity index is 618. The van der Waals surface area contributed by atoms with Crippen LogP contribution in [0.3, 0.4) is 0 Å². The van der Waals surface area contributed by atoms with Crippen LogP contribution in [0, 0.1) is 0 Å². The minimum atomic E-state index is 0. The molecule has 3 heterocycles. The first-order chi connectivity index (χ1) is 8.31. The Morgan fingerprint density at radius 3 is 2.89 bits per heavy atom. The fourth-order valence-electron chi connectivity index (χ4n) is 1.47. The van der Waals surface area contributed by atoms with Gasteiger partial charge in [0.25, 0.3) is 5.89 Å². The number of hydrogen-bond donors (Lipinski definition) is 1. The Hall–Kier alpha value is -1.67. The summed E-state index contributed by atoms with van der Waals surface area (Å²) in [6.45, 7) is 0.786. The molecule has 0 bridgehead atoms. The van der Waals surface area contributed by atoms with Gasteiger partial charge in [0.2, 0.25) is 0 Å². The van der Waals surface area contributed by atoms with Crippen molar-refractivity contribution in [3.05, 3.63) is 35.7 Å². The van der Waals surface area contributed by atoms with E-state index in [0.717, 1.165) is 11.4 Å². The van der Waals surface area contributed by atoms with Gasteiger partial charge in [0.15, 0.2) is 0 Å². The topological polar surface area (TPSA) is 82.8 Å². The number of aromatic nitrogens is 4. The summed E-state index contributed by atoms with van der Waals surface area (Å²) in [6.07, 6.45) is 5.46. The summed E-state index contributed by atoms with van der Waals surface area (Å²) in [6, 6.07) is 4.06. The molecule has 0 saturated heterocycles. The lowest BCUT2D eigenvalue weighted by Gasteiger charge is -1.96. The molecule has 3 aromatic heterocycles. The SMILES string of the molecule is Br.Nc1nnc(-c2ccc(Cn3ccnc3)s2)o1. The molecule has 8 heteroatoms. The first-order valence-electron chi connectivity index (χ1n) is 4.95. The van der Waals surface area contributed by atoms with Crippen molar-refractivity contribution in [3.63, 3.8) is 0 Å². The maximum Gasteiger partial charge on any atom is 0.313 e. The second-order valence-electron chi connectivity index (χ2n) is 3.45. The third-order valence-corrected chi connectivity index (χ3v) is 3.27. The van der Waals surface area contributed by atoms with Crippen molar-refractivity contribution in [2.45, 2.75) is 6.54 Å². The van der Waals surface area contributed by atoms with Crippen LogP contribution in [0.25, 0.3) is 10.8 Å². The smallest absolute Gasteiger partial charge is 0.313 e. The van der Waals surface area contributed by atoms with Gasteiger partial charge in [0.05, 0.1) is 17.7 Å². The average molecular weight is 328 g/mol. The predicted molar refractivity (Wildman–Crippen MR) is 73.7 cm³/mol. The highest BCUT2D eigenvalue weighted by molar-refractivity contribution is 8.93. The highest BCUT2D eigenvalue weighted by Crippen LogP contribution is 2.27. The molecule has 0 unspecified atom stereocenters. The molecule has 0 aliphatic carbocycles. The Morgan fingerprint density at radius 2 is 2.22 bits per heavy atom. The maximum absolute atomic E-state index is 5.38. The lowest BCUT2D eigenvalue weighted by molar-refractivity contribution is 0.592. The van der Waals surface area contributed by atoms with Gasteiger partial charge in [0.1, 0.15) is 0 Å². The van der Waals surface area contributed by atoms with Gasteiger partial charge in [0, 0.05) is 17.3 Å². The second kappa shape index (κ2) is 5.32. The van der Waals surface area contributed by atoms with Crippen LogP contribution in [-0.4, -0.2) is 19.7 Å². The molecule has 0 fully saturated rings. The number of thiophene rings is 1. The lowest BCUT2D eigenvalue weighted by Crippen LogP contribution is -1.92. The zero-order chi connectivity index (χ0) is 11.7. The second-order valence-corrected chi connectivity index (χ2v) is 4.61. The van der Waals surface area contributed by atoms with E-state index < -0.39 is 0 Å². The van der Waals surface area contributed by atoms with Gasteiger partial charge in [-0.2, -0.15) is 0 Å². The van der Waals surface area contributed by atoms with Crippen molar-refractivity contribution in [1.29, 1.82) is 0 Å². The molecule has 2 N–H and O–H groups in total. The predicted octanol–water partition coefficient (Wildman–Crippen LogP) is 2.20. The van der Waals surface area contributed by atoms with Crippen molar-refractivity contribution in [1.82, 2.24) is 19.7 Å². The Kier molecular flexibility index (Phi) is 3.78. The largest absolute Gasteiger partial charge is 0.403 e. The van der Waals surface area contributed by atoms with Crippen molar-refractivity contribution in [2.75, 3.05) is 5.73 Å². The summed E-state index contributed by atoms with van der Waals surface area (Å²) < 4.78 is 7.16. The minimum Gasteiger partial charge on any atom is -0.403 e.